The first-order chi connectivity index (χ1) is 11.9. The fourth-order valence-corrected chi connectivity index (χ4v) is 3.10. The Kier molecular flexibility index (Phi) is 15.5. The van der Waals surface area contributed by atoms with Gasteiger partial charge in [-0.15, -0.1) is 11.8 Å². The van der Waals surface area contributed by atoms with Crippen LogP contribution in [0.3, 0.4) is 0 Å². The van der Waals surface area contributed by atoms with Gasteiger partial charge in [-0.2, -0.15) is 0 Å². The van der Waals surface area contributed by atoms with E-state index in [-0.39, 0.29) is 6.29 Å². The average molecular weight is 337 g/mol. The van der Waals surface area contributed by atoms with Crippen molar-refractivity contribution >= 4 is 0 Å². The van der Waals surface area contributed by atoms with Crippen molar-refractivity contribution in [1.29, 1.82) is 0 Å². The van der Waals surface area contributed by atoms with Crippen molar-refractivity contribution in [2.45, 2.75) is 116 Å². The van der Waals surface area contributed by atoms with Gasteiger partial charge in [-0.3, -0.25) is 0 Å². The van der Waals surface area contributed by atoms with Crippen LogP contribution in [0.15, 0.2) is 0 Å². The lowest BCUT2D eigenvalue weighted by atomic mass is 10.1. The van der Waals surface area contributed by atoms with Crippen molar-refractivity contribution in [3.8, 4) is 11.8 Å². The Balaban J connectivity index is 1.74. The SMILES string of the molecule is CCCCCCCCCCCCC#CCCCOC1CCCCO1. The van der Waals surface area contributed by atoms with E-state index >= 15 is 0 Å². The van der Waals surface area contributed by atoms with Gasteiger partial charge in [0, 0.05) is 19.4 Å². The highest BCUT2D eigenvalue weighted by atomic mass is 16.7. The van der Waals surface area contributed by atoms with Crippen LogP contribution in [-0.4, -0.2) is 19.5 Å². The van der Waals surface area contributed by atoms with E-state index in [4.69, 9.17) is 9.47 Å². The highest BCUT2D eigenvalue weighted by molar-refractivity contribution is 4.98. The Bertz CT molecular complexity index is 310. The Labute approximate surface area is 151 Å². The molecule has 0 aromatic rings. The van der Waals surface area contributed by atoms with Crippen molar-refractivity contribution in [3.63, 3.8) is 0 Å². The number of rotatable bonds is 14. The van der Waals surface area contributed by atoms with E-state index < -0.39 is 0 Å². The quantitative estimate of drug-likeness (QED) is 0.262. The molecule has 0 N–H and O–H groups in total. The van der Waals surface area contributed by atoms with E-state index in [0.29, 0.717) is 0 Å². The summed E-state index contributed by atoms with van der Waals surface area (Å²) >= 11 is 0. The molecular weight excluding hydrogens is 296 g/mol. The second kappa shape index (κ2) is 17.3. The summed E-state index contributed by atoms with van der Waals surface area (Å²) in [4.78, 5) is 0. The van der Waals surface area contributed by atoms with Crippen LogP contribution >= 0.6 is 0 Å². The second-order valence-corrected chi connectivity index (χ2v) is 7.06. The van der Waals surface area contributed by atoms with Crippen LogP contribution in [0, 0.1) is 11.8 Å². The van der Waals surface area contributed by atoms with Crippen LogP contribution in [0.2, 0.25) is 0 Å². The third-order valence-corrected chi connectivity index (χ3v) is 4.67. The predicted octanol–water partition coefficient (Wildman–Crippen LogP) is 6.62. The maximum absolute atomic E-state index is 5.71. The summed E-state index contributed by atoms with van der Waals surface area (Å²) in [6, 6.07) is 0. The third kappa shape index (κ3) is 13.9. The molecule has 1 aliphatic heterocycles. The van der Waals surface area contributed by atoms with Gasteiger partial charge in [0.1, 0.15) is 0 Å². The van der Waals surface area contributed by atoms with Gasteiger partial charge in [0.25, 0.3) is 0 Å². The molecule has 0 aliphatic carbocycles. The Hall–Kier alpha value is -0.520. The molecule has 1 fully saturated rings. The van der Waals surface area contributed by atoms with Crippen molar-refractivity contribution in [3.05, 3.63) is 0 Å². The van der Waals surface area contributed by atoms with E-state index in [1.807, 2.05) is 0 Å². The van der Waals surface area contributed by atoms with Crippen molar-refractivity contribution in [1.82, 2.24) is 0 Å². The Morgan fingerprint density at radius 2 is 1.42 bits per heavy atom. The smallest absolute Gasteiger partial charge is 0.157 e. The monoisotopic (exact) mass is 336 g/mol. The minimum Gasteiger partial charge on any atom is -0.353 e. The molecule has 2 nitrogen and oxygen atoms in total. The fourth-order valence-electron chi connectivity index (χ4n) is 3.10. The Morgan fingerprint density at radius 3 is 2.04 bits per heavy atom. The van der Waals surface area contributed by atoms with Crippen molar-refractivity contribution in [2.24, 2.45) is 0 Å². The van der Waals surface area contributed by atoms with Crippen LogP contribution in [0.5, 0.6) is 0 Å². The zero-order valence-corrected chi connectivity index (χ0v) is 16.1. The number of hydrogen-bond acceptors (Lipinski definition) is 2. The minimum absolute atomic E-state index is 0.0540. The lowest BCUT2D eigenvalue weighted by molar-refractivity contribution is -0.162. The Morgan fingerprint density at radius 1 is 0.792 bits per heavy atom. The third-order valence-electron chi connectivity index (χ3n) is 4.67. The summed E-state index contributed by atoms with van der Waals surface area (Å²) < 4.78 is 11.3. The lowest BCUT2D eigenvalue weighted by Crippen LogP contribution is -2.22. The molecule has 2 heteroatoms. The number of unbranched alkanes of at least 4 members (excludes halogenated alkanes) is 11. The summed E-state index contributed by atoms with van der Waals surface area (Å²) in [6.07, 6.45) is 20.6. The van der Waals surface area contributed by atoms with Crippen LogP contribution in [-0.2, 0) is 9.47 Å². The highest BCUT2D eigenvalue weighted by Gasteiger charge is 2.12. The largest absolute Gasteiger partial charge is 0.353 e. The topological polar surface area (TPSA) is 18.5 Å². The molecule has 0 bridgehead atoms. The van der Waals surface area contributed by atoms with Gasteiger partial charge < -0.3 is 9.47 Å². The summed E-state index contributed by atoms with van der Waals surface area (Å²) in [5.41, 5.74) is 0. The molecule has 1 rings (SSSR count). The van der Waals surface area contributed by atoms with E-state index in [1.165, 1.54) is 77.0 Å². The molecular formula is C22H40O2. The van der Waals surface area contributed by atoms with Crippen LogP contribution in [0.25, 0.3) is 0 Å². The van der Waals surface area contributed by atoms with Crippen molar-refractivity contribution < 1.29 is 9.47 Å². The molecule has 1 saturated heterocycles. The molecule has 0 spiro atoms. The molecule has 1 unspecified atom stereocenters. The maximum Gasteiger partial charge on any atom is 0.157 e. The van der Waals surface area contributed by atoms with Gasteiger partial charge >= 0.3 is 0 Å². The van der Waals surface area contributed by atoms with E-state index in [1.54, 1.807) is 0 Å². The first kappa shape index (κ1) is 21.5. The van der Waals surface area contributed by atoms with Gasteiger partial charge in [0.2, 0.25) is 0 Å². The molecule has 0 radical (unpaired) electrons. The minimum atomic E-state index is 0.0540. The van der Waals surface area contributed by atoms with E-state index in [9.17, 15) is 0 Å². The maximum atomic E-state index is 5.71. The van der Waals surface area contributed by atoms with Crippen molar-refractivity contribution in [2.75, 3.05) is 13.2 Å². The summed E-state index contributed by atoms with van der Waals surface area (Å²) in [7, 11) is 0. The molecule has 24 heavy (non-hydrogen) atoms. The number of hydrogen-bond donors (Lipinski definition) is 0. The first-order valence-electron chi connectivity index (χ1n) is 10.6. The summed E-state index contributed by atoms with van der Waals surface area (Å²) in [5, 5.41) is 0. The standard InChI is InChI=1S/C22H40O2/c1-2-3-4-5-6-7-8-9-10-11-12-13-14-15-17-20-23-22-19-16-18-21-24-22/h22H,2-12,15-21H2,1H3. The van der Waals surface area contributed by atoms with E-state index in [2.05, 4.69) is 18.8 Å². The molecule has 1 atom stereocenters. The molecule has 0 amide bonds. The molecule has 0 saturated carbocycles. The number of ether oxygens (including phenoxy) is 2. The zero-order chi connectivity index (χ0) is 17.1. The zero-order valence-electron chi connectivity index (χ0n) is 16.1. The van der Waals surface area contributed by atoms with Gasteiger partial charge in [-0.25, -0.2) is 0 Å². The predicted molar refractivity (Wildman–Crippen MR) is 103 cm³/mol. The van der Waals surface area contributed by atoms with Crippen LogP contribution in [0.1, 0.15) is 110 Å². The van der Waals surface area contributed by atoms with Gasteiger partial charge in [-0.1, -0.05) is 64.7 Å². The second-order valence-electron chi connectivity index (χ2n) is 7.06. The lowest BCUT2D eigenvalue weighted by Gasteiger charge is -2.22. The van der Waals surface area contributed by atoms with Gasteiger partial charge in [-0.05, 0) is 32.1 Å². The van der Waals surface area contributed by atoms with Gasteiger partial charge in [0.15, 0.2) is 6.29 Å². The average Bonchev–Trinajstić information content (AvgIpc) is 2.62. The van der Waals surface area contributed by atoms with E-state index in [0.717, 1.165) is 38.9 Å². The van der Waals surface area contributed by atoms with Gasteiger partial charge in [0.05, 0.1) is 6.61 Å². The molecule has 140 valence electrons. The highest BCUT2D eigenvalue weighted by Crippen LogP contribution is 2.14. The summed E-state index contributed by atoms with van der Waals surface area (Å²) in [6.45, 7) is 3.93. The van der Waals surface area contributed by atoms with Crippen LogP contribution < -0.4 is 0 Å². The van der Waals surface area contributed by atoms with Crippen LogP contribution in [0.4, 0.5) is 0 Å². The normalized spacial score (nSPS) is 17.5. The first-order valence-corrected chi connectivity index (χ1v) is 10.6. The molecule has 1 heterocycles. The molecule has 0 aromatic carbocycles. The summed E-state index contributed by atoms with van der Waals surface area (Å²) in [5.74, 6) is 6.60. The molecule has 0 aromatic heterocycles. The molecule has 1 aliphatic rings. The fraction of sp³-hybridized carbons (Fsp3) is 0.909.